The molecule has 0 unspecified atom stereocenters. The summed E-state index contributed by atoms with van der Waals surface area (Å²) < 4.78 is 49.4. The maximum absolute atomic E-state index is 15.1. The molecular weight excluding hydrogens is 493 g/mol. The fourth-order valence-corrected chi connectivity index (χ4v) is 3.82. The molecule has 0 bridgehead atoms. The number of aliphatic carboxylic acids is 1. The van der Waals surface area contributed by atoms with Crippen LogP contribution in [-0.4, -0.2) is 28.6 Å². The number of nitrogens with zero attached hydrogens (tertiary/aromatic N) is 1. The first kappa shape index (κ1) is 27.1. The quantitative estimate of drug-likeness (QED) is 0.331. The number of hydrogen-bond acceptors (Lipinski definition) is 5. The summed E-state index contributed by atoms with van der Waals surface area (Å²) in [6, 6.07) is 6.46. The lowest BCUT2D eigenvalue weighted by Crippen LogP contribution is -2.14. The molecule has 36 heavy (non-hydrogen) atoms. The topological polar surface area (TPSA) is 88.5 Å². The third kappa shape index (κ3) is 6.79. The van der Waals surface area contributed by atoms with Crippen molar-refractivity contribution in [1.82, 2.24) is 4.98 Å². The van der Waals surface area contributed by atoms with Crippen LogP contribution in [0.15, 0.2) is 41.3 Å². The minimum absolute atomic E-state index is 0.0592. The van der Waals surface area contributed by atoms with Crippen molar-refractivity contribution in [3.05, 3.63) is 75.4 Å². The summed E-state index contributed by atoms with van der Waals surface area (Å²) in [7, 11) is 0. The van der Waals surface area contributed by atoms with E-state index < -0.39 is 34.9 Å². The van der Waals surface area contributed by atoms with Crippen molar-refractivity contribution in [2.24, 2.45) is 5.41 Å². The van der Waals surface area contributed by atoms with Crippen molar-refractivity contribution in [2.75, 3.05) is 11.9 Å². The zero-order chi connectivity index (χ0) is 26.6. The number of carbonyl (C=O) groups is 2. The average molecular weight is 519 g/mol. The molecule has 0 atom stereocenters. The fraction of sp³-hybridized carbons (Fsp3) is 0.269. The average Bonchev–Trinajstić information content (AvgIpc) is 3.24. The van der Waals surface area contributed by atoms with E-state index in [1.165, 1.54) is 6.92 Å². The molecule has 3 aromatic rings. The molecule has 0 radical (unpaired) electrons. The Kier molecular flexibility index (Phi) is 8.31. The number of ether oxygens (including phenoxy) is 1. The lowest BCUT2D eigenvalue weighted by atomic mass is 9.99. The van der Waals surface area contributed by atoms with Crippen molar-refractivity contribution in [1.29, 1.82) is 0 Å². The van der Waals surface area contributed by atoms with Gasteiger partial charge in [0.2, 0.25) is 0 Å². The standard InChI is InChI=1S/C26H25F3N2O4S/c1-14(24(33)34)8-18-19(27)9-16(10-20(18)28)23(32)31-25-30-21(12-36-25)17-7-5-6-15(22(17)29)11-35-13-26(2,3)4/h5-10,12H,11,13H2,1-4H3,(H,33,34)(H,30,31,32). The summed E-state index contributed by atoms with van der Waals surface area (Å²) in [5, 5.41) is 13.0. The van der Waals surface area contributed by atoms with Gasteiger partial charge in [-0.2, -0.15) is 0 Å². The Hall–Kier alpha value is -3.50. The van der Waals surface area contributed by atoms with Crippen LogP contribution in [0.3, 0.4) is 0 Å². The van der Waals surface area contributed by atoms with Gasteiger partial charge in [0.1, 0.15) is 17.5 Å². The summed E-state index contributed by atoms with van der Waals surface area (Å²) in [5.41, 5.74) is -0.332. The SMILES string of the molecule is CC(=Cc1c(F)cc(C(=O)Nc2nc(-c3cccc(COCC(C)(C)C)c3F)cs2)cc1F)C(=O)O. The number of anilines is 1. The Labute approximate surface area is 210 Å². The summed E-state index contributed by atoms with van der Waals surface area (Å²) in [6.45, 7) is 7.79. The molecule has 2 N–H and O–H groups in total. The van der Waals surface area contributed by atoms with E-state index in [0.717, 1.165) is 29.5 Å². The fourth-order valence-electron chi connectivity index (χ4n) is 3.11. The van der Waals surface area contributed by atoms with Crippen LogP contribution in [0.25, 0.3) is 17.3 Å². The van der Waals surface area contributed by atoms with E-state index in [-0.39, 0.29) is 39.5 Å². The van der Waals surface area contributed by atoms with Gasteiger partial charge in [0.05, 0.1) is 18.9 Å². The summed E-state index contributed by atoms with van der Waals surface area (Å²) in [5.74, 6) is -4.82. The number of rotatable bonds is 8. The molecule has 0 aliphatic rings. The van der Waals surface area contributed by atoms with E-state index in [9.17, 15) is 18.4 Å². The Balaban J connectivity index is 1.76. The van der Waals surface area contributed by atoms with Crippen molar-refractivity contribution >= 4 is 34.4 Å². The van der Waals surface area contributed by atoms with Gasteiger partial charge < -0.3 is 9.84 Å². The minimum Gasteiger partial charge on any atom is -0.478 e. The normalized spacial score (nSPS) is 12.0. The zero-order valence-electron chi connectivity index (χ0n) is 20.1. The maximum atomic E-state index is 15.1. The number of halogens is 3. The first-order valence-electron chi connectivity index (χ1n) is 10.9. The van der Waals surface area contributed by atoms with Gasteiger partial charge >= 0.3 is 5.97 Å². The second-order valence-electron chi connectivity index (χ2n) is 9.31. The molecule has 0 saturated heterocycles. The molecular formula is C26H25F3N2O4S. The molecule has 190 valence electrons. The Morgan fingerprint density at radius 2 is 1.83 bits per heavy atom. The summed E-state index contributed by atoms with van der Waals surface area (Å²) in [6.07, 6.45) is 0.846. The third-order valence-electron chi connectivity index (χ3n) is 4.91. The van der Waals surface area contributed by atoms with Gasteiger partial charge in [-0.25, -0.2) is 22.9 Å². The molecule has 10 heteroatoms. The first-order valence-corrected chi connectivity index (χ1v) is 11.8. The molecule has 1 aromatic heterocycles. The van der Waals surface area contributed by atoms with Crippen molar-refractivity contribution in [3.63, 3.8) is 0 Å². The highest BCUT2D eigenvalue weighted by Gasteiger charge is 2.18. The zero-order valence-corrected chi connectivity index (χ0v) is 20.9. The number of amides is 1. The molecule has 2 aromatic carbocycles. The molecule has 3 rings (SSSR count). The van der Waals surface area contributed by atoms with Gasteiger partial charge in [-0.1, -0.05) is 32.9 Å². The van der Waals surface area contributed by atoms with Crippen molar-refractivity contribution in [2.45, 2.75) is 34.3 Å². The molecule has 0 aliphatic carbocycles. The van der Waals surface area contributed by atoms with Gasteiger partial charge in [-0.3, -0.25) is 10.1 Å². The lowest BCUT2D eigenvalue weighted by Gasteiger charge is -2.18. The van der Waals surface area contributed by atoms with Gasteiger partial charge in [-0.15, -0.1) is 11.3 Å². The second-order valence-corrected chi connectivity index (χ2v) is 10.2. The highest BCUT2D eigenvalue weighted by Crippen LogP contribution is 2.29. The van der Waals surface area contributed by atoms with E-state index >= 15 is 4.39 Å². The van der Waals surface area contributed by atoms with E-state index in [1.807, 2.05) is 20.8 Å². The van der Waals surface area contributed by atoms with Crippen LogP contribution in [0.2, 0.25) is 0 Å². The number of nitrogens with one attached hydrogen (secondary N) is 1. The first-order chi connectivity index (χ1) is 16.9. The van der Waals surface area contributed by atoms with Crippen molar-refractivity contribution < 1.29 is 32.6 Å². The smallest absolute Gasteiger partial charge is 0.331 e. The van der Waals surface area contributed by atoms with E-state index in [4.69, 9.17) is 9.84 Å². The van der Waals surface area contributed by atoms with Gasteiger partial charge in [0.25, 0.3) is 5.91 Å². The Morgan fingerprint density at radius 1 is 1.17 bits per heavy atom. The van der Waals surface area contributed by atoms with Crippen LogP contribution in [-0.2, 0) is 16.1 Å². The summed E-state index contributed by atoms with van der Waals surface area (Å²) >= 11 is 1.02. The maximum Gasteiger partial charge on any atom is 0.331 e. The second kappa shape index (κ2) is 11.0. The predicted molar refractivity (Wildman–Crippen MR) is 132 cm³/mol. The van der Waals surface area contributed by atoms with E-state index in [1.54, 1.807) is 23.6 Å². The van der Waals surface area contributed by atoms with Crippen LogP contribution >= 0.6 is 11.3 Å². The number of benzene rings is 2. The number of aromatic nitrogens is 1. The highest BCUT2D eigenvalue weighted by atomic mass is 32.1. The molecule has 1 heterocycles. The number of carbonyl (C=O) groups excluding carboxylic acids is 1. The van der Waals surface area contributed by atoms with Gasteiger partial charge in [0, 0.05) is 33.2 Å². The van der Waals surface area contributed by atoms with Gasteiger partial charge in [0.15, 0.2) is 5.13 Å². The van der Waals surface area contributed by atoms with Crippen LogP contribution in [0, 0.1) is 22.9 Å². The van der Waals surface area contributed by atoms with E-state index in [0.29, 0.717) is 12.2 Å². The van der Waals surface area contributed by atoms with Gasteiger partial charge in [-0.05, 0) is 36.6 Å². The van der Waals surface area contributed by atoms with E-state index in [2.05, 4.69) is 10.3 Å². The number of hydrogen-bond donors (Lipinski definition) is 2. The minimum atomic E-state index is -1.32. The molecule has 0 fully saturated rings. The monoisotopic (exact) mass is 518 g/mol. The van der Waals surface area contributed by atoms with Crippen LogP contribution in [0.1, 0.15) is 49.2 Å². The number of carboxylic acid groups (broad SMARTS) is 1. The number of thiazole rings is 1. The van der Waals surface area contributed by atoms with Crippen LogP contribution in [0.4, 0.5) is 18.3 Å². The number of carboxylic acids is 1. The molecule has 1 amide bonds. The molecule has 0 spiro atoms. The highest BCUT2D eigenvalue weighted by molar-refractivity contribution is 7.14. The molecule has 0 saturated carbocycles. The Morgan fingerprint density at radius 3 is 2.44 bits per heavy atom. The lowest BCUT2D eigenvalue weighted by molar-refractivity contribution is -0.132. The summed E-state index contributed by atoms with van der Waals surface area (Å²) in [4.78, 5) is 27.7. The Bertz CT molecular complexity index is 1310. The van der Waals surface area contributed by atoms with Crippen molar-refractivity contribution in [3.8, 4) is 11.3 Å². The van der Waals surface area contributed by atoms with Crippen LogP contribution in [0.5, 0.6) is 0 Å². The third-order valence-corrected chi connectivity index (χ3v) is 5.67. The largest absolute Gasteiger partial charge is 0.478 e. The molecule has 6 nitrogen and oxygen atoms in total. The van der Waals surface area contributed by atoms with Crippen LogP contribution < -0.4 is 5.32 Å². The molecule has 0 aliphatic heterocycles. The predicted octanol–water partition coefficient (Wildman–Crippen LogP) is 6.53.